The molecule has 0 bridgehead atoms. The SMILES string of the molecule is C(CCN1CCN2CCCC2C1)CNC1CC1. The van der Waals surface area contributed by atoms with Crippen LogP contribution < -0.4 is 5.32 Å². The van der Waals surface area contributed by atoms with Crippen molar-refractivity contribution in [1.29, 1.82) is 0 Å². The highest BCUT2D eigenvalue weighted by molar-refractivity contribution is 4.86. The van der Waals surface area contributed by atoms with Crippen LogP contribution >= 0.6 is 0 Å². The molecular formula is C14H27N3. The number of rotatable bonds is 6. The lowest BCUT2D eigenvalue weighted by atomic mass is 10.1. The summed E-state index contributed by atoms with van der Waals surface area (Å²) in [7, 11) is 0. The van der Waals surface area contributed by atoms with Gasteiger partial charge in [0.2, 0.25) is 0 Å². The number of hydrogen-bond acceptors (Lipinski definition) is 3. The maximum Gasteiger partial charge on any atom is 0.0224 e. The van der Waals surface area contributed by atoms with Crippen LogP contribution in [-0.4, -0.2) is 61.2 Å². The molecule has 3 rings (SSSR count). The molecule has 1 N–H and O–H groups in total. The summed E-state index contributed by atoms with van der Waals surface area (Å²) in [5, 5.41) is 3.60. The van der Waals surface area contributed by atoms with E-state index in [4.69, 9.17) is 0 Å². The Balaban J connectivity index is 1.27. The number of unbranched alkanes of at least 4 members (excludes halogenated alkanes) is 1. The Labute approximate surface area is 106 Å². The molecule has 2 saturated heterocycles. The van der Waals surface area contributed by atoms with Gasteiger partial charge in [0.1, 0.15) is 0 Å². The smallest absolute Gasteiger partial charge is 0.0224 e. The summed E-state index contributed by atoms with van der Waals surface area (Å²) < 4.78 is 0. The van der Waals surface area contributed by atoms with Crippen LogP contribution in [0.5, 0.6) is 0 Å². The first kappa shape index (κ1) is 11.9. The highest BCUT2D eigenvalue weighted by Crippen LogP contribution is 2.21. The van der Waals surface area contributed by atoms with Crippen molar-refractivity contribution >= 4 is 0 Å². The monoisotopic (exact) mass is 237 g/mol. The second-order valence-electron chi connectivity index (χ2n) is 6.07. The zero-order chi connectivity index (χ0) is 11.5. The first-order chi connectivity index (χ1) is 8.42. The molecule has 3 fully saturated rings. The van der Waals surface area contributed by atoms with E-state index < -0.39 is 0 Å². The van der Waals surface area contributed by atoms with Crippen molar-refractivity contribution < 1.29 is 0 Å². The molecule has 0 aromatic heterocycles. The largest absolute Gasteiger partial charge is 0.314 e. The van der Waals surface area contributed by atoms with Gasteiger partial charge in [0, 0.05) is 31.7 Å². The van der Waals surface area contributed by atoms with E-state index in [0.717, 1.165) is 12.1 Å². The molecule has 0 aromatic carbocycles. The fourth-order valence-corrected chi connectivity index (χ4v) is 3.31. The predicted octanol–water partition coefficient (Wildman–Crippen LogP) is 1.30. The van der Waals surface area contributed by atoms with Crippen LogP contribution in [0, 0.1) is 0 Å². The molecule has 1 atom stereocenters. The molecule has 3 aliphatic rings. The Kier molecular flexibility index (Phi) is 3.99. The summed E-state index contributed by atoms with van der Waals surface area (Å²) in [6.45, 7) is 7.92. The second-order valence-corrected chi connectivity index (χ2v) is 6.07. The summed E-state index contributed by atoms with van der Waals surface area (Å²) in [4.78, 5) is 5.40. The molecule has 17 heavy (non-hydrogen) atoms. The Hall–Kier alpha value is -0.120. The molecule has 1 aliphatic carbocycles. The minimum absolute atomic E-state index is 0.886. The van der Waals surface area contributed by atoms with Gasteiger partial charge < -0.3 is 10.2 Å². The van der Waals surface area contributed by atoms with Crippen molar-refractivity contribution in [3.05, 3.63) is 0 Å². The van der Waals surface area contributed by atoms with Gasteiger partial charge in [-0.05, 0) is 58.2 Å². The Morgan fingerprint density at radius 2 is 1.94 bits per heavy atom. The molecule has 0 radical (unpaired) electrons. The first-order valence-corrected chi connectivity index (χ1v) is 7.61. The number of nitrogens with one attached hydrogen (secondary N) is 1. The fraction of sp³-hybridized carbons (Fsp3) is 1.00. The molecule has 2 aliphatic heterocycles. The predicted molar refractivity (Wildman–Crippen MR) is 71.3 cm³/mol. The molecule has 3 heteroatoms. The first-order valence-electron chi connectivity index (χ1n) is 7.61. The van der Waals surface area contributed by atoms with E-state index in [0.29, 0.717) is 0 Å². The topological polar surface area (TPSA) is 18.5 Å². The molecule has 0 aromatic rings. The number of piperazine rings is 1. The maximum atomic E-state index is 3.60. The molecule has 2 heterocycles. The lowest BCUT2D eigenvalue weighted by Crippen LogP contribution is -2.50. The van der Waals surface area contributed by atoms with E-state index in [1.807, 2.05) is 0 Å². The molecule has 0 spiro atoms. The molecule has 1 saturated carbocycles. The van der Waals surface area contributed by atoms with Gasteiger partial charge in [-0.25, -0.2) is 0 Å². The van der Waals surface area contributed by atoms with Crippen LogP contribution in [-0.2, 0) is 0 Å². The van der Waals surface area contributed by atoms with Crippen LogP contribution in [0.15, 0.2) is 0 Å². The summed E-state index contributed by atoms with van der Waals surface area (Å²) in [5.41, 5.74) is 0. The van der Waals surface area contributed by atoms with Crippen molar-refractivity contribution in [3.8, 4) is 0 Å². The average Bonchev–Trinajstić information content (AvgIpc) is 3.05. The normalized spacial score (nSPS) is 30.7. The number of nitrogens with zero attached hydrogens (tertiary/aromatic N) is 2. The van der Waals surface area contributed by atoms with Gasteiger partial charge in [-0.2, -0.15) is 0 Å². The minimum atomic E-state index is 0.886. The number of hydrogen-bond donors (Lipinski definition) is 1. The van der Waals surface area contributed by atoms with Crippen LogP contribution in [0.3, 0.4) is 0 Å². The zero-order valence-corrected chi connectivity index (χ0v) is 11.0. The Bertz CT molecular complexity index is 240. The third-order valence-electron chi connectivity index (χ3n) is 4.58. The van der Waals surface area contributed by atoms with Crippen LogP contribution in [0.4, 0.5) is 0 Å². The van der Waals surface area contributed by atoms with Gasteiger partial charge >= 0.3 is 0 Å². The molecule has 98 valence electrons. The minimum Gasteiger partial charge on any atom is -0.314 e. The van der Waals surface area contributed by atoms with Gasteiger partial charge in [-0.15, -0.1) is 0 Å². The van der Waals surface area contributed by atoms with Crippen LogP contribution in [0.25, 0.3) is 0 Å². The van der Waals surface area contributed by atoms with E-state index in [-0.39, 0.29) is 0 Å². The van der Waals surface area contributed by atoms with Gasteiger partial charge in [-0.3, -0.25) is 4.90 Å². The van der Waals surface area contributed by atoms with Gasteiger partial charge in [0.05, 0.1) is 0 Å². The van der Waals surface area contributed by atoms with Gasteiger partial charge in [-0.1, -0.05) is 0 Å². The van der Waals surface area contributed by atoms with E-state index >= 15 is 0 Å². The molecule has 0 amide bonds. The third kappa shape index (κ3) is 3.43. The van der Waals surface area contributed by atoms with Crippen molar-refractivity contribution in [2.24, 2.45) is 0 Å². The summed E-state index contributed by atoms with van der Waals surface area (Å²) in [6.07, 6.45) is 8.46. The summed E-state index contributed by atoms with van der Waals surface area (Å²) in [5.74, 6) is 0. The molecule has 3 nitrogen and oxygen atoms in total. The van der Waals surface area contributed by atoms with Crippen LogP contribution in [0.1, 0.15) is 38.5 Å². The van der Waals surface area contributed by atoms with E-state index in [1.165, 1.54) is 77.8 Å². The van der Waals surface area contributed by atoms with E-state index in [1.54, 1.807) is 0 Å². The van der Waals surface area contributed by atoms with Gasteiger partial charge in [0.25, 0.3) is 0 Å². The molecule has 1 unspecified atom stereocenters. The average molecular weight is 237 g/mol. The Morgan fingerprint density at radius 3 is 2.82 bits per heavy atom. The van der Waals surface area contributed by atoms with E-state index in [9.17, 15) is 0 Å². The Morgan fingerprint density at radius 1 is 1.00 bits per heavy atom. The summed E-state index contributed by atoms with van der Waals surface area (Å²) >= 11 is 0. The highest BCUT2D eigenvalue weighted by atomic mass is 15.3. The fourth-order valence-electron chi connectivity index (χ4n) is 3.31. The van der Waals surface area contributed by atoms with Crippen molar-refractivity contribution in [2.75, 3.05) is 39.3 Å². The maximum absolute atomic E-state index is 3.60. The van der Waals surface area contributed by atoms with Crippen molar-refractivity contribution in [1.82, 2.24) is 15.1 Å². The third-order valence-corrected chi connectivity index (χ3v) is 4.58. The van der Waals surface area contributed by atoms with Crippen molar-refractivity contribution in [3.63, 3.8) is 0 Å². The summed E-state index contributed by atoms with van der Waals surface area (Å²) in [6, 6.07) is 1.78. The van der Waals surface area contributed by atoms with Crippen LogP contribution in [0.2, 0.25) is 0 Å². The highest BCUT2D eigenvalue weighted by Gasteiger charge is 2.29. The van der Waals surface area contributed by atoms with Crippen molar-refractivity contribution in [2.45, 2.75) is 50.6 Å². The standard InChI is InChI=1S/C14H27N3/c1(7-15-13-5-6-13)2-8-16-10-11-17-9-3-4-14(17)12-16/h13-15H,1-12H2. The zero-order valence-electron chi connectivity index (χ0n) is 11.0. The van der Waals surface area contributed by atoms with E-state index in [2.05, 4.69) is 15.1 Å². The lowest BCUT2D eigenvalue weighted by molar-refractivity contribution is 0.103. The quantitative estimate of drug-likeness (QED) is 0.703. The lowest BCUT2D eigenvalue weighted by Gasteiger charge is -2.37. The second kappa shape index (κ2) is 5.68. The number of fused-ring (bicyclic) bond motifs is 1. The van der Waals surface area contributed by atoms with Gasteiger partial charge in [0.15, 0.2) is 0 Å². The molecular weight excluding hydrogens is 210 g/mol.